The van der Waals surface area contributed by atoms with Gasteiger partial charge in [0.1, 0.15) is 6.04 Å². The summed E-state index contributed by atoms with van der Waals surface area (Å²) in [7, 11) is 2.73. The number of nitrogens with one attached hydrogen (secondary N) is 1. The number of carbonyl (C=O) groups excluding carboxylic acids is 2. The third-order valence-corrected chi connectivity index (χ3v) is 2.95. The smallest absolute Gasteiger partial charge is 0.311 e. The summed E-state index contributed by atoms with van der Waals surface area (Å²) in [6.07, 6.45) is -0.0641. The van der Waals surface area contributed by atoms with E-state index < -0.39 is 16.9 Å². The van der Waals surface area contributed by atoms with Crippen molar-refractivity contribution in [3.05, 3.63) is 22.2 Å². The van der Waals surface area contributed by atoms with Crippen LogP contribution in [-0.4, -0.2) is 46.8 Å². The number of methoxy groups -OCH3 is 1. The summed E-state index contributed by atoms with van der Waals surface area (Å²) < 4.78 is 4.89. The number of ether oxygens (including phenoxy) is 1. The summed E-state index contributed by atoms with van der Waals surface area (Å²) in [5.41, 5.74) is -0.291. The van der Waals surface area contributed by atoms with E-state index in [1.54, 1.807) is 0 Å². The standard InChI is InChI=1S/C11H12N4O5/c1-14-9(16)5-6(11(14)17)12-10-7(15(18)19)3-4-8(13-10)20-2/h3-4,6H,5H2,1-2H3,(H,12,13). The van der Waals surface area contributed by atoms with Gasteiger partial charge in [-0.15, -0.1) is 0 Å². The first-order valence-corrected chi connectivity index (χ1v) is 5.70. The number of amides is 2. The Morgan fingerprint density at radius 3 is 2.70 bits per heavy atom. The molecule has 1 atom stereocenters. The van der Waals surface area contributed by atoms with Gasteiger partial charge in [0.15, 0.2) is 0 Å². The summed E-state index contributed by atoms with van der Waals surface area (Å²) in [4.78, 5) is 38.4. The topological polar surface area (TPSA) is 115 Å². The molecule has 2 rings (SSSR count). The molecule has 1 saturated heterocycles. The number of hydrogen-bond acceptors (Lipinski definition) is 7. The van der Waals surface area contributed by atoms with Gasteiger partial charge >= 0.3 is 5.69 Å². The Labute approximate surface area is 113 Å². The van der Waals surface area contributed by atoms with Crippen LogP contribution in [0.15, 0.2) is 12.1 Å². The van der Waals surface area contributed by atoms with Crippen LogP contribution in [0.4, 0.5) is 11.5 Å². The predicted molar refractivity (Wildman–Crippen MR) is 67.2 cm³/mol. The maximum absolute atomic E-state index is 11.8. The molecule has 1 fully saturated rings. The van der Waals surface area contributed by atoms with E-state index in [0.717, 1.165) is 4.90 Å². The number of likely N-dealkylation sites (tertiary alicyclic amines) is 1. The Morgan fingerprint density at radius 2 is 2.20 bits per heavy atom. The number of imide groups is 1. The Bertz CT molecular complexity index is 588. The van der Waals surface area contributed by atoms with Gasteiger partial charge in [-0.25, -0.2) is 0 Å². The second-order valence-electron chi connectivity index (χ2n) is 4.17. The number of nitrogens with zero attached hydrogens (tertiary/aromatic N) is 3. The van der Waals surface area contributed by atoms with Gasteiger partial charge in [-0.1, -0.05) is 0 Å². The van der Waals surface area contributed by atoms with Crippen molar-refractivity contribution in [2.45, 2.75) is 12.5 Å². The van der Waals surface area contributed by atoms with E-state index in [0.29, 0.717) is 0 Å². The molecular formula is C11H12N4O5. The highest BCUT2D eigenvalue weighted by atomic mass is 16.6. The SMILES string of the molecule is COc1ccc([N+](=O)[O-])c(NC2CC(=O)N(C)C2=O)n1. The van der Waals surface area contributed by atoms with Crippen molar-refractivity contribution < 1.29 is 19.2 Å². The minimum absolute atomic E-state index is 0.0641. The van der Waals surface area contributed by atoms with Crippen LogP contribution < -0.4 is 10.1 Å². The van der Waals surface area contributed by atoms with Crippen molar-refractivity contribution in [1.82, 2.24) is 9.88 Å². The van der Waals surface area contributed by atoms with E-state index in [4.69, 9.17) is 4.74 Å². The van der Waals surface area contributed by atoms with E-state index in [2.05, 4.69) is 10.3 Å². The number of carbonyl (C=O) groups is 2. The van der Waals surface area contributed by atoms with Crippen molar-refractivity contribution in [3.8, 4) is 5.88 Å². The molecule has 0 spiro atoms. The summed E-state index contributed by atoms with van der Waals surface area (Å²) in [6.45, 7) is 0. The van der Waals surface area contributed by atoms with E-state index in [1.807, 2.05) is 0 Å². The fourth-order valence-corrected chi connectivity index (χ4v) is 1.83. The van der Waals surface area contributed by atoms with Crippen molar-refractivity contribution in [2.24, 2.45) is 0 Å². The van der Waals surface area contributed by atoms with Crippen molar-refractivity contribution in [1.29, 1.82) is 0 Å². The van der Waals surface area contributed by atoms with Gasteiger partial charge in [0.25, 0.3) is 5.91 Å². The zero-order chi connectivity index (χ0) is 14.9. The van der Waals surface area contributed by atoms with E-state index in [1.165, 1.54) is 26.3 Å². The lowest BCUT2D eigenvalue weighted by Crippen LogP contribution is -2.32. The van der Waals surface area contributed by atoms with E-state index in [-0.39, 0.29) is 29.7 Å². The van der Waals surface area contributed by atoms with Crippen LogP contribution in [0, 0.1) is 10.1 Å². The van der Waals surface area contributed by atoms with Gasteiger partial charge in [0, 0.05) is 19.2 Å². The number of rotatable bonds is 4. The average Bonchev–Trinajstić information content (AvgIpc) is 2.66. The maximum atomic E-state index is 11.8. The molecule has 1 aromatic rings. The third-order valence-electron chi connectivity index (χ3n) is 2.95. The van der Waals surface area contributed by atoms with Crippen molar-refractivity contribution in [3.63, 3.8) is 0 Å². The van der Waals surface area contributed by atoms with Gasteiger partial charge in [-0.3, -0.25) is 24.6 Å². The zero-order valence-electron chi connectivity index (χ0n) is 10.8. The number of likely N-dealkylation sites (N-methyl/N-ethyl adjacent to an activating group) is 1. The Balaban J connectivity index is 2.30. The van der Waals surface area contributed by atoms with Crippen LogP contribution in [0.3, 0.4) is 0 Å². The molecule has 1 unspecified atom stereocenters. The average molecular weight is 280 g/mol. The highest BCUT2D eigenvalue weighted by Crippen LogP contribution is 2.27. The van der Waals surface area contributed by atoms with Crippen LogP contribution >= 0.6 is 0 Å². The first-order chi connectivity index (χ1) is 9.43. The first-order valence-electron chi connectivity index (χ1n) is 5.70. The lowest BCUT2D eigenvalue weighted by atomic mass is 10.2. The molecule has 0 aromatic carbocycles. The Kier molecular flexibility index (Phi) is 3.51. The minimum atomic E-state index is -0.856. The Hall–Kier alpha value is -2.71. The molecule has 2 heterocycles. The van der Waals surface area contributed by atoms with Crippen LogP contribution in [0.25, 0.3) is 0 Å². The molecule has 1 aliphatic rings. The van der Waals surface area contributed by atoms with Crippen LogP contribution in [0.2, 0.25) is 0 Å². The number of nitro groups is 1. The summed E-state index contributed by atoms with van der Waals surface area (Å²) in [6, 6.07) is 1.71. The lowest BCUT2D eigenvalue weighted by Gasteiger charge is -2.12. The molecule has 9 nitrogen and oxygen atoms in total. The fourth-order valence-electron chi connectivity index (χ4n) is 1.83. The lowest BCUT2D eigenvalue weighted by molar-refractivity contribution is -0.384. The molecule has 20 heavy (non-hydrogen) atoms. The highest BCUT2D eigenvalue weighted by Gasteiger charge is 2.37. The quantitative estimate of drug-likeness (QED) is 0.474. The second kappa shape index (κ2) is 5.11. The molecule has 106 valence electrons. The molecule has 1 N–H and O–H groups in total. The van der Waals surface area contributed by atoms with E-state index >= 15 is 0 Å². The molecule has 1 aliphatic heterocycles. The maximum Gasteiger partial charge on any atom is 0.311 e. The molecule has 2 amide bonds. The van der Waals surface area contributed by atoms with Gasteiger partial charge < -0.3 is 10.1 Å². The summed E-state index contributed by atoms with van der Waals surface area (Å²) in [5.74, 6) is -0.731. The van der Waals surface area contributed by atoms with Crippen LogP contribution in [-0.2, 0) is 9.59 Å². The highest BCUT2D eigenvalue weighted by molar-refractivity contribution is 6.06. The van der Waals surface area contributed by atoms with Gasteiger partial charge in [0.2, 0.25) is 17.6 Å². The minimum Gasteiger partial charge on any atom is -0.481 e. The van der Waals surface area contributed by atoms with Crippen LogP contribution in [0.5, 0.6) is 5.88 Å². The molecule has 0 radical (unpaired) electrons. The van der Waals surface area contributed by atoms with Gasteiger partial charge in [-0.05, 0) is 0 Å². The number of anilines is 1. The van der Waals surface area contributed by atoms with E-state index in [9.17, 15) is 19.7 Å². The van der Waals surface area contributed by atoms with Gasteiger partial charge in [-0.2, -0.15) is 4.98 Å². The zero-order valence-corrected chi connectivity index (χ0v) is 10.8. The number of pyridine rings is 1. The largest absolute Gasteiger partial charge is 0.481 e. The molecular weight excluding hydrogens is 268 g/mol. The summed E-state index contributed by atoms with van der Waals surface area (Å²) in [5, 5.41) is 13.6. The molecule has 9 heteroatoms. The second-order valence-corrected chi connectivity index (χ2v) is 4.17. The van der Waals surface area contributed by atoms with Crippen molar-refractivity contribution >= 4 is 23.3 Å². The first kappa shape index (κ1) is 13.7. The van der Waals surface area contributed by atoms with Crippen molar-refractivity contribution in [2.75, 3.05) is 19.5 Å². The monoisotopic (exact) mass is 280 g/mol. The number of hydrogen-bond donors (Lipinski definition) is 1. The fraction of sp³-hybridized carbons (Fsp3) is 0.364. The third kappa shape index (κ3) is 2.37. The molecule has 1 aromatic heterocycles. The summed E-state index contributed by atoms with van der Waals surface area (Å²) >= 11 is 0. The Morgan fingerprint density at radius 1 is 1.50 bits per heavy atom. The predicted octanol–water partition coefficient (Wildman–Crippen LogP) is 0.168. The van der Waals surface area contributed by atoms with Crippen LogP contribution in [0.1, 0.15) is 6.42 Å². The molecule has 0 aliphatic carbocycles. The number of aromatic nitrogens is 1. The van der Waals surface area contributed by atoms with Gasteiger partial charge in [0.05, 0.1) is 18.5 Å². The normalized spacial score (nSPS) is 18.3. The molecule has 0 saturated carbocycles. The molecule has 0 bridgehead atoms.